The summed E-state index contributed by atoms with van der Waals surface area (Å²) < 4.78 is 15.6. The van der Waals surface area contributed by atoms with Crippen LogP contribution < -0.4 is 4.74 Å². The molecule has 0 spiro atoms. The molecule has 7 heteroatoms. The zero-order valence-electron chi connectivity index (χ0n) is 17.3. The molecule has 2 aromatic carbocycles. The number of hydrogen-bond acceptors (Lipinski definition) is 7. The van der Waals surface area contributed by atoms with E-state index in [4.69, 9.17) is 14.0 Å². The van der Waals surface area contributed by atoms with E-state index in [9.17, 15) is 9.59 Å². The first-order valence-corrected chi connectivity index (χ1v) is 9.81. The standard InChI is InChI=1S/C23H24N2O5/c1-4-20(26)17-9-11-19(12-10-17)28-14-22(27)29-13-21-24-23(25-30-21)18-7-5-16(6-8-18)15(2)3/h5-12,15H,4,13-14H2,1-3H3. The average Bonchev–Trinajstić information content (AvgIpc) is 3.25. The highest BCUT2D eigenvalue weighted by molar-refractivity contribution is 5.95. The lowest BCUT2D eigenvalue weighted by Gasteiger charge is -2.06. The first-order valence-electron chi connectivity index (χ1n) is 9.81. The molecule has 0 N–H and O–H groups in total. The van der Waals surface area contributed by atoms with Crippen LogP contribution in [0.15, 0.2) is 53.1 Å². The summed E-state index contributed by atoms with van der Waals surface area (Å²) in [6, 6.07) is 14.5. The summed E-state index contributed by atoms with van der Waals surface area (Å²) in [6.45, 7) is 5.66. The van der Waals surface area contributed by atoms with Crippen molar-refractivity contribution in [3.63, 3.8) is 0 Å². The molecule has 0 saturated carbocycles. The number of carbonyl (C=O) groups is 2. The predicted octanol–water partition coefficient (Wildman–Crippen LogP) is 4.57. The summed E-state index contributed by atoms with van der Waals surface area (Å²) >= 11 is 0. The molecular weight excluding hydrogens is 384 g/mol. The molecule has 0 atom stereocenters. The molecule has 7 nitrogen and oxygen atoms in total. The summed E-state index contributed by atoms with van der Waals surface area (Å²) in [5.41, 5.74) is 2.66. The van der Waals surface area contributed by atoms with Crippen LogP contribution >= 0.6 is 0 Å². The van der Waals surface area contributed by atoms with Crippen LogP contribution in [0.25, 0.3) is 11.4 Å². The molecule has 1 aromatic heterocycles. The molecule has 0 aliphatic heterocycles. The highest BCUT2D eigenvalue weighted by atomic mass is 16.6. The van der Waals surface area contributed by atoms with E-state index in [2.05, 4.69) is 24.0 Å². The van der Waals surface area contributed by atoms with Gasteiger partial charge in [0.15, 0.2) is 19.0 Å². The van der Waals surface area contributed by atoms with Gasteiger partial charge in [0.1, 0.15) is 5.75 Å². The Labute approximate surface area is 175 Å². The molecule has 3 rings (SSSR count). The van der Waals surface area contributed by atoms with Gasteiger partial charge in [-0.2, -0.15) is 4.98 Å². The third-order valence-electron chi connectivity index (χ3n) is 4.51. The molecule has 3 aromatic rings. The first-order chi connectivity index (χ1) is 14.5. The number of aromatic nitrogens is 2. The SMILES string of the molecule is CCC(=O)c1ccc(OCC(=O)OCc2nc(-c3ccc(C(C)C)cc3)no2)cc1. The lowest BCUT2D eigenvalue weighted by atomic mass is 10.0. The van der Waals surface area contributed by atoms with E-state index in [1.807, 2.05) is 24.3 Å². The first kappa shape index (κ1) is 21.2. The molecule has 1 heterocycles. The Balaban J connectivity index is 1.47. The number of ketones is 1. The Morgan fingerprint density at radius 2 is 1.73 bits per heavy atom. The third-order valence-corrected chi connectivity index (χ3v) is 4.51. The van der Waals surface area contributed by atoms with Gasteiger partial charge in [0.2, 0.25) is 5.82 Å². The molecule has 0 amide bonds. The fourth-order valence-corrected chi connectivity index (χ4v) is 2.72. The lowest BCUT2D eigenvalue weighted by molar-refractivity contribution is -0.148. The van der Waals surface area contributed by atoms with Crippen molar-refractivity contribution in [3.8, 4) is 17.1 Å². The van der Waals surface area contributed by atoms with Gasteiger partial charge in [0.25, 0.3) is 5.89 Å². The van der Waals surface area contributed by atoms with Crippen molar-refractivity contribution in [3.05, 3.63) is 65.5 Å². The quantitative estimate of drug-likeness (QED) is 0.378. The monoisotopic (exact) mass is 408 g/mol. The predicted molar refractivity (Wildman–Crippen MR) is 110 cm³/mol. The van der Waals surface area contributed by atoms with Gasteiger partial charge in [0, 0.05) is 17.5 Å². The Morgan fingerprint density at radius 1 is 1.03 bits per heavy atom. The van der Waals surface area contributed by atoms with Crippen LogP contribution in [-0.4, -0.2) is 28.5 Å². The van der Waals surface area contributed by atoms with Crippen LogP contribution in [0.2, 0.25) is 0 Å². The largest absolute Gasteiger partial charge is 0.482 e. The summed E-state index contributed by atoms with van der Waals surface area (Å²) in [7, 11) is 0. The highest BCUT2D eigenvalue weighted by Gasteiger charge is 2.12. The van der Waals surface area contributed by atoms with Crippen LogP contribution in [0.4, 0.5) is 0 Å². The second-order valence-corrected chi connectivity index (χ2v) is 7.04. The Hall–Kier alpha value is -3.48. The zero-order chi connectivity index (χ0) is 21.5. The van der Waals surface area contributed by atoms with Crippen molar-refractivity contribution in [1.29, 1.82) is 0 Å². The molecule has 0 bridgehead atoms. The van der Waals surface area contributed by atoms with Crippen molar-refractivity contribution in [2.75, 3.05) is 6.61 Å². The molecule has 0 radical (unpaired) electrons. The number of ether oxygens (including phenoxy) is 2. The number of rotatable bonds is 9. The van der Waals surface area contributed by atoms with Crippen LogP contribution in [0.5, 0.6) is 5.75 Å². The van der Waals surface area contributed by atoms with Gasteiger partial charge in [-0.1, -0.05) is 50.2 Å². The van der Waals surface area contributed by atoms with Crippen LogP contribution in [0.3, 0.4) is 0 Å². The lowest BCUT2D eigenvalue weighted by Crippen LogP contribution is -2.14. The summed E-state index contributed by atoms with van der Waals surface area (Å²) in [5.74, 6) is 1.05. The summed E-state index contributed by atoms with van der Waals surface area (Å²) in [6.07, 6.45) is 0.438. The number of Topliss-reactive ketones (excluding diaryl/α,β-unsaturated/α-hetero) is 1. The number of esters is 1. The zero-order valence-corrected chi connectivity index (χ0v) is 17.3. The minimum Gasteiger partial charge on any atom is -0.482 e. The van der Waals surface area contributed by atoms with E-state index in [0.717, 1.165) is 5.56 Å². The van der Waals surface area contributed by atoms with Crippen molar-refractivity contribution in [1.82, 2.24) is 10.1 Å². The number of carbonyl (C=O) groups excluding carboxylic acids is 2. The van der Waals surface area contributed by atoms with E-state index in [-0.39, 0.29) is 24.9 Å². The van der Waals surface area contributed by atoms with E-state index in [1.165, 1.54) is 5.56 Å². The van der Waals surface area contributed by atoms with Gasteiger partial charge >= 0.3 is 5.97 Å². The van der Waals surface area contributed by atoms with Crippen LogP contribution in [0.1, 0.15) is 54.9 Å². The van der Waals surface area contributed by atoms with Gasteiger partial charge in [-0.05, 0) is 35.7 Å². The van der Waals surface area contributed by atoms with Gasteiger partial charge in [-0.15, -0.1) is 0 Å². The maximum absolute atomic E-state index is 11.9. The van der Waals surface area contributed by atoms with Gasteiger partial charge in [-0.25, -0.2) is 4.79 Å². The van der Waals surface area contributed by atoms with Crippen molar-refractivity contribution in [2.24, 2.45) is 0 Å². The third kappa shape index (κ3) is 5.53. The molecule has 0 fully saturated rings. The molecular formula is C23H24N2O5. The Bertz CT molecular complexity index is 991. The van der Waals surface area contributed by atoms with E-state index >= 15 is 0 Å². The maximum atomic E-state index is 11.9. The van der Waals surface area contributed by atoms with Gasteiger partial charge in [-0.3, -0.25) is 4.79 Å². The fraction of sp³-hybridized carbons (Fsp3) is 0.304. The molecule has 0 aliphatic carbocycles. The smallest absolute Gasteiger partial charge is 0.344 e. The topological polar surface area (TPSA) is 91.5 Å². The molecule has 30 heavy (non-hydrogen) atoms. The van der Waals surface area contributed by atoms with Gasteiger partial charge in [0.05, 0.1) is 0 Å². The van der Waals surface area contributed by atoms with Crippen molar-refractivity contribution in [2.45, 2.75) is 39.7 Å². The minimum atomic E-state index is -0.565. The molecule has 0 unspecified atom stereocenters. The maximum Gasteiger partial charge on any atom is 0.344 e. The number of hydrogen-bond donors (Lipinski definition) is 0. The second kappa shape index (κ2) is 9.82. The Kier molecular flexibility index (Phi) is 6.95. The van der Waals surface area contributed by atoms with Crippen LogP contribution in [-0.2, 0) is 16.1 Å². The second-order valence-electron chi connectivity index (χ2n) is 7.04. The molecule has 156 valence electrons. The summed E-state index contributed by atoms with van der Waals surface area (Å²) in [4.78, 5) is 27.8. The van der Waals surface area contributed by atoms with E-state index in [0.29, 0.717) is 29.5 Å². The number of nitrogens with zero attached hydrogens (tertiary/aromatic N) is 2. The van der Waals surface area contributed by atoms with Gasteiger partial charge < -0.3 is 14.0 Å². The van der Waals surface area contributed by atoms with Crippen LogP contribution in [0, 0.1) is 0 Å². The van der Waals surface area contributed by atoms with Crippen molar-refractivity contribution < 1.29 is 23.6 Å². The van der Waals surface area contributed by atoms with Crippen molar-refractivity contribution >= 4 is 11.8 Å². The minimum absolute atomic E-state index is 0.0516. The highest BCUT2D eigenvalue weighted by Crippen LogP contribution is 2.20. The molecule has 0 aliphatic rings. The fourth-order valence-electron chi connectivity index (χ4n) is 2.72. The number of benzene rings is 2. The van der Waals surface area contributed by atoms with E-state index in [1.54, 1.807) is 31.2 Å². The van der Waals surface area contributed by atoms with E-state index < -0.39 is 5.97 Å². The molecule has 0 saturated heterocycles. The average molecular weight is 408 g/mol. The normalized spacial score (nSPS) is 10.8. The Morgan fingerprint density at radius 3 is 2.37 bits per heavy atom. The summed E-state index contributed by atoms with van der Waals surface area (Å²) in [5, 5.41) is 3.93.